The number of nitrogens with zero attached hydrogens (tertiary/aromatic N) is 2. The summed E-state index contributed by atoms with van der Waals surface area (Å²) in [6, 6.07) is 29.1. The van der Waals surface area contributed by atoms with Crippen LogP contribution in [0, 0.1) is 5.92 Å². The first-order valence-corrected chi connectivity index (χ1v) is 16.3. The van der Waals surface area contributed by atoms with Crippen LogP contribution in [0.4, 0.5) is 0 Å². The van der Waals surface area contributed by atoms with Crippen molar-refractivity contribution in [1.82, 2.24) is 9.21 Å². The van der Waals surface area contributed by atoms with Gasteiger partial charge >= 0.3 is 0 Å². The van der Waals surface area contributed by atoms with Crippen LogP contribution in [0.3, 0.4) is 0 Å². The number of piperidine rings is 1. The van der Waals surface area contributed by atoms with Crippen molar-refractivity contribution < 1.29 is 13.5 Å². The van der Waals surface area contributed by atoms with Crippen LogP contribution in [0.25, 0.3) is 0 Å². The SMILES string of the molecule is CN(C1CCC(CN2CCC(O)(CCCc3ccccc3)CC2)C1)S(=O)(=O)c1ccccc1Cl.c1ccccc1. The molecule has 3 aromatic carbocycles. The molecule has 0 bridgehead atoms. The molecule has 2 unspecified atom stereocenters. The van der Waals surface area contributed by atoms with Gasteiger partial charge in [0.05, 0.1) is 10.6 Å². The van der Waals surface area contributed by atoms with E-state index < -0.39 is 15.6 Å². The van der Waals surface area contributed by atoms with Crippen LogP contribution in [-0.4, -0.2) is 61.1 Å². The first-order valence-electron chi connectivity index (χ1n) is 14.5. The highest BCUT2D eigenvalue weighted by Crippen LogP contribution is 2.35. The van der Waals surface area contributed by atoms with E-state index in [9.17, 15) is 13.5 Å². The smallest absolute Gasteiger partial charge is 0.244 e. The van der Waals surface area contributed by atoms with E-state index in [4.69, 9.17) is 11.6 Å². The predicted molar refractivity (Wildman–Crippen MR) is 164 cm³/mol. The average Bonchev–Trinajstić information content (AvgIpc) is 3.44. The first-order chi connectivity index (χ1) is 19.3. The summed E-state index contributed by atoms with van der Waals surface area (Å²) in [4.78, 5) is 2.64. The maximum atomic E-state index is 13.1. The van der Waals surface area contributed by atoms with Crippen LogP contribution in [0.2, 0.25) is 5.02 Å². The van der Waals surface area contributed by atoms with E-state index in [1.807, 2.05) is 42.5 Å². The fourth-order valence-corrected chi connectivity index (χ4v) is 7.86. The molecule has 1 saturated heterocycles. The van der Waals surface area contributed by atoms with E-state index in [1.54, 1.807) is 31.3 Å². The summed E-state index contributed by atoms with van der Waals surface area (Å²) in [5, 5.41) is 11.3. The number of hydrogen-bond acceptors (Lipinski definition) is 4. The zero-order valence-corrected chi connectivity index (χ0v) is 25.1. The molecular weight excluding hydrogens is 540 g/mol. The Hall–Kier alpha value is -2.22. The van der Waals surface area contributed by atoms with Gasteiger partial charge in [0, 0.05) is 32.7 Å². The van der Waals surface area contributed by atoms with E-state index in [1.165, 1.54) is 9.87 Å². The Labute approximate surface area is 245 Å². The van der Waals surface area contributed by atoms with Gasteiger partial charge in [0.25, 0.3) is 0 Å². The topological polar surface area (TPSA) is 60.9 Å². The quantitative estimate of drug-likeness (QED) is 0.306. The second-order valence-corrected chi connectivity index (χ2v) is 13.7. The van der Waals surface area contributed by atoms with Crippen molar-refractivity contribution in [3.05, 3.63) is 102 Å². The fourth-order valence-electron chi connectivity index (χ4n) is 5.97. The van der Waals surface area contributed by atoms with E-state index >= 15 is 0 Å². The molecule has 2 aliphatic rings. The number of aryl methyl sites for hydroxylation is 1. The Morgan fingerprint density at radius 3 is 2.10 bits per heavy atom. The number of likely N-dealkylation sites (tertiary alicyclic amines) is 1. The van der Waals surface area contributed by atoms with Gasteiger partial charge in [0.15, 0.2) is 0 Å². The molecule has 0 spiro atoms. The molecule has 1 heterocycles. The zero-order chi connectivity index (χ0) is 28.4. The van der Waals surface area contributed by atoms with Crippen LogP contribution in [0.1, 0.15) is 50.5 Å². The van der Waals surface area contributed by atoms with Crippen LogP contribution < -0.4 is 0 Å². The van der Waals surface area contributed by atoms with E-state index in [0.717, 1.165) is 71.0 Å². The first kappa shape index (κ1) is 30.7. The summed E-state index contributed by atoms with van der Waals surface area (Å²) >= 11 is 6.17. The molecule has 3 aromatic rings. The molecule has 2 atom stereocenters. The average molecular weight is 583 g/mol. The second-order valence-electron chi connectivity index (χ2n) is 11.3. The summed E-state index contributed by atoms with van der Waals surface area (Å²) in [5.41, 5.74) is 0.785. The lowest BCUT2D eigenvalue weighted by atomic mass is 9.85. The number of aliphatic hydroxyl groups is 1. The summed E-state index contributed by atoms with van der Waals surface area (Å²) in [5.74, 6) is 0.484. The van der Waals surface area contributed by atoms with Gasteiger partial charge in [-0.15, -0.1) is 0 Å². The number of rotatable bonds is 9. The minimum atomic E-state index is -3.60. The minimum absolute atomic E-state index is 0.00554. The molecule has 0 radical (unpaired) electrons. The van der Waals surface area contributed by atoms with Crippen molar-refractivity contribution in [2.24, 2.45) is 5.92 Å². The van der Waals surface area contributed by atoms with Gasteiger partial charge in [-0.2, -0.15) is 4.31 Å². The van der Waals surface area contributed by atoms with Gasteiger partial charge in [-0.3, -0.25) is 0 Å². The standard InChI is InChI=1S/C27H37ClN2O3S.C6H6/c1-29(34(32,33)26-12-6-5-11-25(26)28)24-14-13-23(20-24)21-30-18-16-27(31,17-19-30)15-7-10-22-8-3-2-4-9-22;1-2-4-6-5-3-1/h2-6,8-9,11-12,23-24,31H,7,10,13-21H2,1H3;1-6H. The molecule has 5 nitrogen and oxygen atoms in total. The highest BCUT2D eigenvalue weighted by molar-refractivity contribution is 7.89. The van der Waals surface area contributed by atoms with Crippen molar-refractivity contribution in [1.29, 1.82) is 0 Å². The summed E-state index contributed by atoms with van der Waals surface area (Å²) in [6.07, 6.45) is 7.30. The molecule has 1 aliphatic heterocycles. The lowest BCUT2D eigenvalue weighted by molar-refractivity contribution is -0.0314. The monoisotopic (exact) mass is 582 g/mol. The van der Waals surface area contributed by atoms with Crippen molar-refractivity contribution in [3.63, 3.8) is 0 Å². The normalized spacial score (nSPS) is 21.1. The van der Waals surface area contributed by atoms with E-state index in [0.29, 0.717) is 5.92 Å². The third kappa shape index (κ3) is 8.64. The predicted octanol–water partition coefficient (Wildman–Crippen LogP) is 6.67. The molecule has 1 N–H and O–H groups in total. The third-order valence-corrected chi connectivity index (χ3v) is 10.9. The highest BCUT2D eigenvalue weighted by Gasteiger charge is 2.37. The molecule has 0 amide bonds. The number of benzene rings is 3. The maximum Gasteiger partial charge on any atom is 0.244 e. The lowest BCUT2D eigenvalue weighted by Gasteiger charge is -2.39. The van der Waals surface area contributed by atoms with Gasteiger partial charge in [-0.25, -0.2) is 8.42 Å². The van der Waals surface area contributed by atoms with Crippen molar-refractivity contribution in [2.45, 2.75) is 67.9 Å². The van der Waals surface area contributed by atoms with Gasteiger partial charge in [0.2, 0.25) is 10.0 Å². The van der Waals surface area contributed by atoms with Crippen LogP contribution in [-0.2, 0) is 16.4 Å². The molecular formula is C33H43ClN2O3S. The van der Waals surface area contributed by atoms with Gasteiger partial charge in [-0.1, -0.05) is 90.5 Å². The van der Waals surface area contributed by atoms with Gasteiger partial charge in [0.1, 0.15) is 4.90 Å². The Morgan fingerprint density at radius 2 is 1.48 bits per heavy atom. The Bertz CT molecular complexity index is 1240. The molecule has 2 fully saturated rings. The molecule has 216 valence electrons. The van der Waals surface area contributed by atoms with Gasteiger partial charge < -0.3 is 10.0 Å². The largest absolute Gasteiger partial charge is 0.390 e. The maximum absolute atomic E-state index is 13.1. The third-order valence-electron chi connectivity index (χ3n) is 8.44. The Morgan fingerprint density at radius 1 is 0.900 bits per heavy atom. The zero-order valence-electron chi connectivity index (χ0n) is 23.5. The molecule has 40 heavy (non-hydrogen) atoms. The minimum Gasteiger partial charge on any atom is -0.390 e. The van der Waals surface area contributed by atoms with Gasteiger partial charge in [-0.05, 0) is 75.0 Å². The van der Waals surface area contributed by atoms with Crippen molar-refractivity contribution >= 4 is 21.6 Å². The summed E-state index contributed by atoms with van der Waals surface area (Å²) in [6.45, 7) is 2.81. The van der Waals surface area contributed by atoms with Crippen LogP contribution >= 0.6 is 11.6 Å². The van der Waals surface area contributed by atoms with Crippen LogP contribution in [0.5, 0.6) is 0 Å². The molecule has 7 heteroatoms. The van der Waals surface area contributed by atoms with Crippen LogP contribution in [0.15, 0.2) is 95.9 Å². The Kier molecular flexibility index (Phi) is 11.2. The van der Waals surface area contributed by atoms with E-state index in [2.05, 4.69) is 29.2 Å². The fraction of sp³-hybridized carbons (Fsp3) is 0.455. The Balaban J connectivity index is 0.000000546. The number of halogens is 1. The number of hydrogen-bond donors (Lipinski definition) is 1. The molecule has 1 saturated carbocycles. The molecule has 1 aliphatic carbocycles. The van der Waals surface area contributed by atoms with E-state index in [-0.39, 0.29) is 16.0 Å². The summed E-state index contributed by atoms with van der Waals surface area (Å²) in [7, 11) is -1.92. The highest BCUT2D eigenvalue weighted by atomic mass is 35.5. The number of sulfonamides is 1. The molecule has 0 aromatic heterocycles. The van der Waals surface area contributed by atoms with Crippen molar-refractivity contribution in [2.75, 3.05) is 26.7 Å². The summed E-state index contributed by atoms with van der Waals surface area (Å²) < 4.78 is 27.7. The lowest BCUT2D eigenvalue weighted by Crippen LogP contribution is -2.45. The van der Waals surface area contributed by atoms with Crippen molar-refractivity contribution in [3.8, 4) is 0 Å². The molecule has 5 rings (SSSR count). The second kappa shape index (κ2) is 14.6.